The second-order valence-corrected chi connectivity index (χ2v) is 8.39. The first-order chi connectivity index (χ1) is 11.3. The van der Waals surface area contributed by atoms with Crippen LogP contribution in [0.1, 0.15) is 41.1 Å². The van der Waals surface area contributed by atoms with Gasteiger partial charge in [-0.1, -0.05) is 26.0 Å². The minimum atomic E-state index is -0.821. The van der Waals surface area contributed by atoms with Gasteiger partial charge in [0.05, 0.1) is 12.2 Å². The molecule has 128 valence electrons. The highest BCUT2D eigenvalue weighted by Gasteiger charge is 2.32. The fourth-order valence-electron chi connectivity index (χ4n) is 3.34. The summed E-state index contributed by atoms with van der Waals surface area (Å²) in [5, 5.41) is 9.84. The monoisotopic (exact) mass is 344 g/mol. The van der Waals surface area contributed by atoms with Crippen LogP contribution >= 0.6 is 11.3 Å². The van der Waals surface area contributed by atoms with Gasteiger partial charge < -0.3 is 15.7 Å². The van der Waals surface area contributed by atoms with Crippen LogP contribution in [0.4, 0.5) is 5.69 Å². The van der Waals surface area contributed by atoms with E-state index in [2.05, 4.69) is 13.8 Å². The van der Waals surface area contributed by atoms with E-state index in [1.165, 1.54) is 4.88 Å². The van der Waals surface area contributed by atoms with Crippen LogP contribution in [0.3, 0.4) is 0 Å². The number of carbonyl (C=O) groups is 1. The van der Waals surface area contributed by atoms with Crippen LogP contribution in [-0.4, -0.2) is 24.8 Å². The number of fused-ring (bicyclic) bond motifs is 1. The molecule has 0 saturated carbocycles. The predicted octanol–water partition coefficient (Wildman–Crippen LogP) is 3.98. The molecule has 0 atom stereocenters. The zero-order valence-corrected chi connectivity index (χ0v) is 15.2. The number of carboxylic acids is 1. The first-order valence-corrected chi connectivity index (χ1v) is 9.03. The van der Waals surface area contributed by atoms with E-state index in [0.29, 0.717) is 12.2 Å². The quantitative estimate of drug-likeness (QED) is 0.823. The van der Waals surface area contributed by atoms with Crippen molar-refractivity contribution in [2.45, 2.75) is 33.1 Å². The van der Waals surface area contributed by atoms with E-state index in [0.717, 1.165) is 41.0 Å². The molecule has 0 spiro atoms. The Morgan fingerprint density at radius 2 is 2.17 bits per heavy atom. The molecule has 1 aromatic heterocycles. The van der Waals surface area contributed by atoms with Crippen LogP contribution < -0.4 is 10.6 Å². The van der Waals surface area contributed by atoms with Gasteiger partial charge in [0.2, 0.25) is 0 Å². The summed E-state index contributed by atoms with van der Waals surface area (Å²) in [6.07, 6.45) is 2.91. The molecule has 3 rings (SSSR count). The highest BCUT2D eigenvalue weighted by atomic mass is 32.1. The lowest BCUT2D eigenvalue weighted by Crippen LogP contribution is -2.24. The lowest BCUT2D eigenvalue weighted by molar-refractivity contribution is 0.0696. The molecule has 0 fully saturated rings. The van der Waals surface area contributed by atoms with Gasteiger partial charge in [0.25, 0.3) is 0 Å². The van der Waals surface area contributed by atoms with Crippen molar-refractivity contribution in [3.05, 3.63) is 40.3 Å². The molecule has 0 aliphatic heterocycles. The average molecular weight is 344 g/mol. The van der Waals surface area contributed by atoms with Crippen molar-refractivity contribution in [1.29, 1.82) is 0 Å². The van der Waals surface area contributed by atoms with Crippen LogP contribution in [0.5, 0.6) is 0 Å². The van der Waals surface area contributed by atoms with Crippen LogP contribution in [0.2, 0.25) is 0 Å². The Balaban J connectivity index is 2.13. The Labute approximate surface area is 146 Å². The number of hydrogen-bond acceptors (Lipinski definition) is 4. The molecule has 5 heteroatoms. The molecule has 2 aromatic rings. The summed E-state index contributed by atoms with van der Waals surface area (Å²) in [5.41, 5.74) is 9.37. The molecule has 1 heterocycles. The lowest BCUT2D eigenvalue weighted by atomic mass is 9.76. The van der Waals surface area contributed by atoms with Gasteiger partial charge in [-0.05, 0) is 47.9 Å². The van der Waals surface area contributed by atoms with E-state index in [9.17, 15) is 9.90 Å². The fourth-order valence-corrected chi connectivity index (χ4v) is 4.64. The van der Waals surface area contributed by atoms with E-state index in [-0.39, 0.29) is 5.41 Å². The van der Waals surface area contributed by atoms with Crippen LogP contribution in [0.15, 0.2) is 24.3 Å². The van der Waals surface area contributed by atoms with E-state index in [1.54, 1.807) is 11.3 Å². The Hall–Kier alpha value is -1.85. The zero-order valence-electron chi connectivity index (χ0n) is 14.4. The number of nitrogens with two attached hydrogens (primary N) is 1. The number of nitrogens with zero attached hydrogens (tertiary/aromatic N) is 1. The van der Waals surface area contributed by atoms with Crippen LogP contribution in [0.25, 0.3) is 10.4 Å². The predicted molar refractivity (Wildman–Crippen MR) is 100.0 cm³/mol. The Bertz CT molecular complexity index is 780. The summed E-state index contributed by atoms with van der Waals surface area (Å²) < 4.78 is 0. The minimum Gasteiger partial charge on any atom is -0.478 e. The maximum Gasteiger partial charge on any atom is 0.337 e. The van der Waals surface area contributed by atoms with Gasteiger partial charge in [-0.3, -0.25) is 0 Å². The van der Waals surface area contributed by atoms with E-state index >= 15 is 0 Å². The summed E-state index contributed by atoms with van der Waals surface area (Å²) in [7, 11) is 1.93. The number of carboxylic acid groups (broad SMARTS) is 1. The summed E-state index contributed by atoms with van der Waals surface area (Å²) in [4.78, 5) is 16.0. The molecule has 0 bridgehead atoms. The third-order valence-electron chi connectivity index (χ3n) is 4.81. The molecule has 24 heavy (non-hydrogen) atoms. The Kier molecular flexibility index (Phi) is 4.40. The molecule has 1 aliphatic carbocycles. The van der Waals surface area contributed by atoms with Crippen LogP contribution in [0, 0.1) is 5.41 Å². The van der Waals surface area contributed by atoms with Gasteiger partial charge in [0, 0.05) is 22.5 Å². The number of rotatable bonds is 4. The molecular formula is C19H24N2O2S. The molecule has 4 nitrogen and oxygen atoms in total. The van der Waals surface area contributed by atoms with Crippen molar-refractivity contribution < 1.29 is 9.90 Å². The highest BCUT2D eigenvalue weighted by Crippen LogP contribution is 2.45. The molecule has 3 N–H and O–H groups in total. The van der Waals surface area contributed by atoms with E-state index in [1.807, 2.05) is 36.2 Å². The van der Waals surface area contributed by atoms with Gasteiger partial charge >= 0.3 is 5.97 Å². The van der Waals surface area contributed by atoms with Crippen molar-refractivity contribution in [3.8, 4) is 10.4 Å². The van der Waals surface area contributed by atoms with Crippen molar-refractivity contribution in [2.24, 2.45) is 11.1 Å². The van der Waals surface area contributed by atoms with Crippen molar-refractivity contribution in [1.82, 2.24) is 0 Å². The first kappa shape index (κ1) is 17.0. The summed E-state index contributed by atoms with van der Waals surface area (Å²) in [6, 6.07) is 7.98. The summed E-state index contributed by atoms with van der Waals surface area (Å²) in [6.45, 7) is 4.86. The SMILES string of the molecule is CN(CN)c1cccc(-c2sc3c(c2C(=O)O)CC(C)(C)CC3)c1. The molecule has 1 aromatic carbocycles. The van der Waals surface area contributed by atoms with Gasteiger partial charge in [-0.15, -0.1) is 11.3 Å². The molecule has 0 amide bonds. The molecule has 1 aliphatic rings. The number of aromatic carboxylic acids is 1. The molecule has 0 unspecified atom stereocenters. The maximum atomic E-state index is 12.0. The van der Waals surface area contributed by atoms with Gasteiger partial charge in [-0.2, -0.15) is 0 Å². The van der Waals surface area contributed by atoms with Crippen molar-refractivity contribution >= 4 is 23.0 Å². The van der Waals surface area contributed by atoms with Gasteiger partial charge in [0.1, 0.15) is 0 Å². The first-order valence-electron chi connectivity index (χ1n) is 8.22. The topological polar surface area (TPSA) is 66.6 Å². The molecular weight excluding hydrogens is 320 g/mol. The average Bonchev–Trinajstić information content (AvgIpc) is 2.91. The van der Waals surface area contributed by atoms with Crippen LogP contribution in [-0.2, 0) is 12.8 Å². The Morgan fingerprint density at radius 1 is 1.42 bits per heavy atom. The minimum absolute atomic E-state index is 0.164. The highest BCUT2D eigenvalue weighted by molar-refractivity contribution is 7.16. The van der Waals surface area contributed by atoms with E-state index in [4.69, 9.17) is 5.73 Å². The maximum absolute atomic E-state index is 12.0. The van der Waals surface area contributed by atoms with E-state index < -0.39 is 5.97 Å². The van der Waals surface area contributed by atoms with Gasteiger partial charge in [-0.25, -0.2) is 4.79 Å². The van der Waals surface area contributed by atoms with Gasteiger partial charge in [0.15, 0.2) is 0 Å². The number of anilines is 1. The smallest absolute Gasteiger partial charge is 0.337 e. The second-order valence-electron chi connectivity index (χ2n) is 7.28. The number of aryl methyl sites for hydroxylation is 1. The largest absolute Gasteiger partial charge is 0.478 e. The standard InChI is InChI=1S/C19H24N2O2S/c1-19(2)8-7-15-14(10-19)16(18(22)23)17(24-15)12-5-4-6-13(9-12)21(3)11-20/h4-6,9H,7-8,10-11,20H2,1-3H3,(H,22,23). The van der Waals surface area contributed by atoms with Crippen molar-refractivity contribution in [2.75, 3.05) is 18.6 Å². The fraction of sp³-hybridized carbons (Fsp3) is 0.421. The summed E-state index contributed by atoms with van der Waals surface area (Å²) in [5.74, 6) is -0.821. The molecule has 0 saturated heterocycles. The molecule has 0 radical (unpaired) electrons. The normalized spacial score (nSPS) is 15.8. The summed E-state index contributed by atoms with van der Waals surface area (Å²) >= 11 is 1.64. The zero-order chi connectivity index (χ0) is 17.5. The second kappa shape index (κ2) is 6.22. The number of benzene rings is 1. The number of hydrogen-bond donors (Lipinski definition) is 2. The Morgan fingerprint density at radius 3 is 2.83 bits per heavy atom. The number of thiophene rings is 1. The lowest BCUT2D eigenvalue weighted by Gasteiger charge is -2.29. The third kappa shape index (κ3) is 3.06. The third-order valence-corrected chi connectivity index (χ3v) is 6.15. The van der Waals surface area contributed by atoms with Crippen molar-refractivity contribution in [3.63, 3.8) is 0 Å².